The van der Waals surface area contributed by atoms with Crippen molar-refractivity contribution in [1.82, 2.24) is 9.78 Å². The van der Waals surface area contributed by atoms with Gasteiger partial charge in [0.25, 0.3) is 0 Å². The van der Waals surface area contributed by atoms with E-state index in [4.69, 9.17) is 5.11 Å². The molecule has 1 aromatic carbocycles. The molecule has 0 radical (unpaired) electrons. The molecule has 0 unspecified atom stereocenters. The predicted octanol–water partition coefficient (Wildman–Crippen LogP) is 2.73. The number of hydrogen-bond acceptors (Lipinski definition) is 3. The highest BCUT2D eigenvalue weighted by Gasteiger charge is 2.33. The molecule has 0 atom stereocenters. The molecule has 0 aliphatic heterocycles. The van der Waals surface area contributed by atoms with Gasteiger partial charge in [0.2, 0.25) is 0 Å². The van der Waals surface area contributed by atoms with Crippen LogP contribution in [0, 0.1) is 5.41 Å². The lowest BCUT2D eigenvalue weighted by Crippen LogP contribution is -2.27. The fourth-order valence-corrected chi connectivity index (χ4v) is 2.79. The largest absolute Gasteiger partial charge is 0.478 e. The van der Waals surface area contributed by atoms with Gasteiger partial charge in [0, 0.05) is 6.42 Å². The van der Waals surface area contributed by atoms with Crippen LogP contribution in [-0.2, 0) is 6.42 Å². The molecule has 0 bridgehead atoms. The first-order valence-electron chi connectivity index (χ1n) is 6.81. The number of carbonyl (C=O) groups excluding carboxylic acids is 1. The number of carboxylic acids is 1. The maximum absolute atomic E-state index is 12.2. The Morgan fingerprint density at radius 1 is 1.24 bits per heavy atom. The topological polar surface area (TPSA) is 72.2 Å². The summed E-state index contributed by atoms with van der Waals surface area (Å²) >= 11 is 0. The van der Waals surface area contributed by atoms with Gasteiger partial charge in [0.15, 0.2) is 5.78 Å². The van der Waals surface area contributed by atoms with Crippen LogP contribution < -0.4 is 0 Å². The number of aromatic carboxylic acids is 1. The molecule has 0 spiro atoms. The van der Waals surface area contributed by atoms with Crippen molar-refractivity contribution in [2.75, 3.05) is 0 Å². The van der Waals surface area contributed by atoms with Crippen molar-refractivity contribution < 1.29 is 14.7 Å². The Kier molecular flexibility index (Phi) is 2.93. The zero-order chi connectivity index (χ0) is 15.2. The number of rotatable bonds is 2. The number of benzene rings is 1. The summed E-state index contributed by atoms with van der Waals surface area (Å²) in [5.74, 6) is -0.838. The molecule has 0 fully saturated rings. The van der Waals surface area contributed by atoms with Crippen LogP contribution in [0.3, 0.4) is 0 Å². The van der Waals surface area contributed by atoms with Crippen LogP contribution >= 0.6 is 0 Å². The molecule has 3 rings (SSSR count). The molecule has 21 heavy (non-hydrogen) atoms. The molecular formula is C16H16N2O3. The van der Waals surface area contributed by atoms with Crippen molar-refractivity contribution in [3.8, 4) is 5.69 Å². The minimum atomic E-state index is -0.958. The first kappa shape index (κ1) is 13.5. The van der Waals surface area contributed by atoms with E-state index < -0.39 is 5.97 Å². The van der Waals surface area contributed by atoms with Crippen LogP contribution in [0.15, 0.2) is 30.5 Å². The molecule has 5 nitrogen and oxygen atoms in total. The Bertz CT molecular complexity index is 726. The summed E-state index contributed by atoms with van der Waals surface area (Å²) < 4.78 is 1.74. The van der Waals surface area contributed by atoms with Gasteiger partial charge in [-0.25, -0.2) is 9.48 Å². The maximum Gasteiger partial charge on any atom is 0.335 e. The van der Waals surface area contributed by atoms with E-state index in [0.29, 0.717) is 12.0 Å². The summed E-state index contributed by atoms with van der Waals surface area (Å²) in [6.45, 7) is 4.14. The Balaban J connectivity index is 2.05. The van der Waals surface area contributed by atoms with Crippen molar-refractivity contribution in [1.29, 1.82) is 0 Å². The molecule has 5 heteroatoms. The summed E-state index contributed by atoms with van der Waals surface area (Å²) in [6, 6.07) is 6.51. The second kappa shape index (κ2) is 4.55. The first-order valence-corrected chi connectivity index (χ1v) is 6.81. The van der Waals surface area contributed by atoms with Crippen molar-refractivity contribution in [2.24, 2.45) is 5.41 Å². The van der Waals surface area contributed by atoms with Gasteiger partial charge in [-0.2, -0.15) is 5.10 Å². The molecular weight excluding hydrogens is 268 g/mol. The van der Waals surface area contributed by atoms with E-state index in [1.807, 2.05) is 0 Å². The molecule has 1 aromatic heterocycles. The molecule has 0 saturated carbocycles. The number of carbonyl (C=O) groups is 2. The van der Waals surface area contributed by atoms with Crippen LogP contribution in [-0.4, -0.2) is 26.6 Å². The summed E-state index contributed by atoms with van der Waals surface area (Å²) in [5, 5.41) is 13.2. The lowest BCUT2D eigenvalue weighted by molar-refractivity contribution is 0.0696. The van der Waals surface area contributed by atoms with Crippen molar-refractivity contribution in [3.05, 3.63) is 47.3 Å². The highest BCUT2D eigenvalue weighted by molar-refractivity contribution is 5.98. The van der Waals surface area contributed by atoms with Gasteiger partial charge in [-0.05, 0) is 36.1 Å². The van der Waals surface area contributed by atoms with Crippen LogP contribution in [0.4, 0.5) is 0 Å². The molecule has 2 aromatic rings. The second-order valence-corrected chi connectivity index (χ2v) is 6.21. The lowest BCUT2D eigenvalue weighted by atomic mass is 9.76. The van der Waals surface area contributed by atoms with Gasteiger partial charge in [0.05, 0.1) is 28.7 Å². The number of ketones is 1. The number of Topliss-reactive ketones (excluding diaryl/α,β-unsaturated/α-hetero) is 1. The maximum atomic E-state index is 12.2. The summed E-state index contributed by atoms with van der Waals surface area (Å²) in [6.07, 6.45) is 2.91. The zero-order valence-electron chi connectivity index (χ0n) is 12.0. The molecule has 1 aliphatic carbocycles. The number of carboxylic acid groups (broad SMARTS) is 1. The van der Waals surface area contributed by atoms with Gasteiger partial charge in [-0.3, -0.25) is 4.79 Å². The molecule has 0 saturated heterocycles. The Morgan fingerprint density at radius 2 is 1.90 bits per heavy atom. The third-order valence-corrected chi connectivity index (χ3v) is 3.81. The van der Waals surface area contributed by atoms with E-state index in [1.54, 1.807) is 35.1 Å². The summed E-state index contributed by atoms with van der Waals surface area (Å²) in [7, 11) is 0. The Hall–Kier alpha value is -2.43. The number of hydrogen-bond donors (Lipinski definition) is 1. The van der Waals surface area contributed by atoms with Crippen LogP contribution in [0.2, 0.25) is 0 Å². The van der Waals surface area contributed by atoms with Crippen molar-refractivity contribution in [3.63, 3.8) is 0 Å². The molecule has 1 N–H and O–H groups in total. The SMILES string of the molecule is CC1(C)CC(=O)c2cnn(-c3ccc(C(=O)O)cc3)c2C1. The average molecular weight is 284 g/mol. The van der Waals surface area contributed by atoms with E-state index in [0.717, 1.165) is 17.8 Å². The summed E-state index contributed by atoms with van der Waals surface area (Å²) in [5.41, 5.74) is 2.50. The highest BCUT2D eigenvalue weighted by atomic mass is 16.4. The Morgan fingerprint density at radius 3 is 2.52 bits per heavy atom. The summed E-state index contributed by atoms with van der Waals surface area (Å²) in [4.78, 5) is 23.1. The minimum absolute atomic E-state index is 0.0805. The standard InChI is InChI=1S/C16H16N2O3/c1-16(2)7-13-12(14(19)8-16)9-17-18(13)11-5-3-10(4-6-11)15(20)21/h3-6,9H,7-8H2,1-2H3,(H,20,21). The van der Waals surface area contributed by atoms with E-state index in [9.17, 15) is 9.59 Å². The third-order valence-electron chi connectivity index (χ3n) is 3.81. The second-order valence-electron chi connectivity index (χ2n) is 6.21. The van der Waals surface area contributed by atoms with E-state index in [-0.39, 0.29) is 16.8 Å². The van der Waals surface area contributed by atoms with Crippen molar-refractivity contribution >= 4 is 11.8 Å². The fourth-order valence-electron chi connectivity index (χ4n) is 2.79. The van der Waals surface area contributed by atoms with Gasteiger partial charge in [-0.15, -0.1) is 0 Å². The normalized spacial score (nSPS) is 16.6. The van der Waals surface area contributed by atoms with Gasteiger partial charge >= 0.3 is 5.97 Å². The highest BCUT2D eigenvalue weighted by Crippen LogP contribution is 2.35. The number of nitrogens with zero attached hydrogens (tertiary/aromatic N) is 2. The van der Waals surface area contributed by atoms with Crippen LogP contribution in [0.5, 0.6) is 0 Å². The quantitative estimate of drug-likeness (QED) is 0.920. The lowest BCUT2D eigenvalue weighted by Gasteiger charge is -2.28. The third kappa shape index (κ3) is 2.35. The van der Waals surface area contributed by atoms with E-state index >= 15 is 0 Å². The monoisotopic (exact) mass is 284 g/mol. The Labute approximate surface area is 122 Å². The minimum Gasteiger partial charge on any atom is -0.478 e. The van der Waals surface area contributed by atoms with Crippen molar-refractivity contribution in [2.45, 2.75) is 26.7 Å². The van der Waals surface area contributed by atoms with Crippen LogP contribution in [0.25, 0.3) is 5.69 Å². The zero-order valence-corrected chi connectivity index (χ0v) is 12.0. The van der Waals surface area contributed by atoms with Gasteiger partial charge in [-0.1, -0.05) is 13.8 Å². The fraction of sp³-hybridized carbons (Fsp3) is 0.312. The number of aromatic nitrogens is 2. The van der Waals surface area contributed by atoms with Crippen LogP contribution in [0.1, 0.15) is 46.7 Å². The van der Waals surface area contributed by atoms with E-state index in [2.05, 4.69) is 18.9 Å². The molecule has 0 amide bonds. The molecule has 1 heterocycles. The molecule has 108 valence electrons. The van der Waals surface area contributed by atoms with Gasteiger partial charge in [0.1, 0.15) is 0 Å². The predicted molar refractivity (Wildman–Crippen MR) is 77.0 cm³/mol. The molecule has 1 aliphatic rings. The first-order chi connectivity index (χ1) is 9.87. The number of fused-ring (bicyclic) bond motifs is 1. The van der Waals surface area contributed by atoms with Gasteiger partial charge < -0.3 is 5.11 Å². The smallest absolute Gasteiger partial charge is 0.335 e. The van der Waals surface area contributed by atoms with E-state index in [1.165, 1.54) is 0 Å². The average Bonchev–Trinajstić information content (AvgIpc) is 2.81.